The van der Waals surface area contributed by atoms with Crippen molar-refractivity contribution in [3.63, 3.8) is 0 Å². The summed E-state index contributed by atoms with van der Waals surface area (Å²) in [5.41, 5.74) is 4.83. The maximum Gasteiger partial charge on any atom is 0.224 e. The summed E-state index contributed by atoms with van der Waals surface area (Å²) in [5, 5.41) is 13.3. The molecule has 1 amide bonds. The van der Waals surface area contributed by atoms with Crippen LogP contribution in [0.5, 0.6) is 0 Å². The third-order valence-corrected chi connectivity index (χ3v) is 6.43. The molecular formula is C26H25N5O. The van der Waals surface area contributed by atoms with Crippen LogP contribution < -0.4 is 10.2 Å². The molecule has 1 fully saturated rings. The van der Waals surface area contributed by atoms with Gasteiger partial charge in [-0.1, -0.05) is 42.5 Å². The number of hydrogen-bond acceptors (Lipinski definition) is 4. The van der Waals surface area contributed by atoms with Crippen LogP contribution in [-0.2, 0) is 24.2 Å². The zero-order chi connectivity index (χ0) is 21.5. The van der Waals surface area contributed by atoms with Gasteiger partial charge in [0, 0.05) is 30.7 Å². The highest BCUT2D eigenvalue weighted by atomic mass is 16.1. The molecule has 6 nitrogen and oxygen atoms in total. The number of nitrogens with zero attached hydrogens (tertiary/aromatic N) is 4. The molecular weight excluding hydrogens is 398 g/mol. The lowest BCUT2D eigenvalue weighted by Gasteiger charge is -2.29. The van der Waals surface area contributed by atoms with Gasteiger partial charge < -0.3 is 10.2 Å². The first-order chi connectivity index (χ1) is 15.7. The normalized spacial score (nSPS) is 15.6. The van der Waals surface area contributed by atoms with E-state index in [1.807, 2.05) is 35.0 Å². The summed E-state index contributed by atoms with van der Waals surface area (Å²) in [4.78, 5) is 14.7. The lowest BCUT2D eigenvalue weighted by Crippen LogP contribution is -2.31. The number of aromatic nitrogens is 3. The summed E-state index contributed by atoms with van der Waals surface area (Å²) < 4.78 is 2.04. The highest BCUT2D eigenvalue weighted by Gasteiger charge is 2.24. The maximum absolute atomic E-state index is 12.4. The van der Waals surface area contributed by atoms with Gasteiger partial charge in [0.15, 0.2) is 11.6 Å². The molecule has 0 spiro atoms. The fourth-order valence-corrected chi connectivity index (χ4v) is 4.57. The highest BCUT2D eigenvalue weighted by Crippen LogP contribution is 2.27. The Morgan fingerprint density at radius 3 is 2.50 bits per heavy atom. The Labute approximate surface area is 186 Å². The zero-order valence-corrected chi connectivity index (χ0v) is 17.9. The average molecular weight is 424 g/mol. The molecule has 1 aliphatic carbocycles. The summed E-state index contributed by atoms with van der Waals surface area (Å²) in [6.07, 6.45) is 5.62. The molecule has 32 heavy (non-hydrogen) atoms. The van der Waals surface area contributed by atoms with E-state index in [1.54, 1.807) is 0 Å². The second kappa shape index (κ2) is 7.79. The third-order valence-electron chi connectivity index (χ3n) is 6.43. The number of benzene rings is 2. The molecule has 2 aromatic heterocycles. The number of fused-ring (bicyclic) bond motifs is 2. The lowest BCUT2D eigenvalue weighted by atomic mass is 10.00. The summed E-state index contributed by atoms with van der Waals surface area (Å²) in [6.45, 7) is 1.80. The van der Waals surface area contributed by atoms with Gasteiger partial charge in [-0.25, -0.2) is 0 Å². The van der Waals surface area contributed by atoms with Crippen LogP contribution in [0.25, 0.3) is 16.7 Å². The van der Waals surface area contributed by atoms with Gasteiger partial charge in [0.2, 0.25) is 5.91 Å². The number of anilines is 1. The third kappa shape index (κ3) is 3.62. The van der Waals surface area contributed by atoms with E-state index in [0.29, 0.717) is 12.5 Å². The SMILES string of the molecule is O=C(Cc1cn(-c2ccc(N3CCc4ccccc4C3)nn2)c2ccccc12)NC1CC1. The fourth-order valence-electron chi connectivity index (χ4n) is 4.57. The number of rotatable bonds is 5. The van der Waals surface area contributed by atoms with E-state index < -0.39 is 0 Å². The number of carbonyl (C=O) groups is 1. The van der Waals surface area contributed by atoms with Gasteiger partial charge in [0.05, 0.1) is 11.9 Å². The molecule has 6 rings (SSSR count). The summed E-state index contributed by atoms with van der Waals surface area (Å²) in [5.74, 6) is 1.74. The number of amides is 1. The van der Waals surface area contributed by atoms with Crippen molar-refractivity contribution in [1.82, 2.24) is 20.1 Å². The first-order valence-corrected chi connectivity index (χ1v) is 11.3. The molecule has 0 atom stereocenters. The van der Waals surface area contributed by atoms with Crippen molar-refractivity contribution in [3.8, 4) is 5.82 Å². The highest BCUT2D eigenvalue weighted by molar-refractivity contribution is 5.90. The minimum Gasteiger partial charge on any atom is -0.353 e. The van der Waals surface area contributed by atoms with Crippen LogP contribution in [-0.4, -0.2) is 33.3 Å². The lowest BCUT2D eigenvalue weighted by molar-refractivity contribution is -0.120. The van der Waals surface area contributed by atoms with Crippen molar-refractivity contribution in [2.75, 3.05) is 11.4 Å². The Bertz CT molecular complexity index is 1290. The number of carbonyl (C=O) groups excluding carboxylic acids is 1. The molecule has 160 valence electrons. The number of hydrogen-bond donors (Lipinski definition) is 1. The standard InChI is InChI=1S/C26H25N5O/c32-26(27-21-9-10-21)15-20-17-31(23-8-4-3-7-22(20)23)25-12-11-24(28-29-25)30-14-13-18-5-1-2-6-19(18)16-30/h1-8,11-12,17,21H,9-10,13-16H2,(H,27,32). The summed E-state index contributed by atoms with van der Waals surface area (Å²) >= 11 is 0. The van der Waals surface area contributed by atoms with E-state index in [2.05, 4.69) is 56.8 Å². The van der Waals surface area contributed by atoms with Crippen molar-refractivity contribution in [1.29, 1.82) is 0 Å². The zero-order valence-electron chi connectivity index (χ0n) is 17.9. The quantitative estimate of drug-likeness (QED) is 0.530. The van der Waals surface area contributed by atoms with Crippen molar-refractivity contribution in [2.24, 2.45) is 0 Å². The van der Waals surface area contributed by atoms with E-state index >= 15 is 0 Å². The van der Waals surface area contributed by atoms with Crippen LogP contribution in [0, 0.1) is 0 Å². The Balaban J connectivity index is 1.27. The first kappa shape index (κ1) is 19.0. The topological polar surface area (TPSA) is 63.1 Å². The van der Waals surface area contributed by atoms with Gasteiger partial charge >= 0.3 is 0 Å². The van der Waals surface area contributed by atoms with Crippen LogP contribution in [0.2, 0.25) is 0 Å². The monoisotopic (exact) mass is 423 g/mol. The second-order valence-corrected chi connectivity index (χ2v) is 8.75. The Hall–Kier alpha value is -3.67. The molecule has 2 aromatic carbocycles. The second-order valence-electron chi connectivity index (χ2n) is 8.75. The molecule has 1 aliphatic heterocycles. The summed E-state index contributed by atoms with van der Waals surface area (Å²) in [6, 6.07) is 21.2. The van der Waals surface area contributed by atoms with E-state index in [1.165, 1.54) is 11.1 Å². The first-order valence-electron chi connectivity index (χ1n) is 11.3. The maximum atomic E-state index is 12.4. The molecule has 1 N–H and O–H groups in total. The van der Waals surface area contributed by atoms with E-state index in [-0.39, 0.29) is 5.91 Å². The molecule has 1 saturated carbocycles. The van der Waals surface area contributed by atoms with E-state index in [4.69, 9.17) is 0 Å². The minimum absolute atomic E-state index is 0.0854. The van der Waals surface area contributed by atoms with Crippen LogP contribution >= 0.6 is 0 Å². The van der Waals surface area contributed by atoms with Crippen LogP contribution in [0.1, 0.15) is 29.5 Å². The number of nitrogens with one attached hydrogen (secondary N) is 1. The fraction of sp³-hybridized carbons (Fsp3) is 0.269. The molecule has 0 bridgehead atoms. The molecule has 6 heteroatoms. The van der Waals surface area contributed by atoms with Gasteiger partial charge in [0.1, 0.15) is 0 Å². The Morgan fingerprint density at radius 1 is 0.938 bits per heavy atom. The molecule has 0 unspecified atom stereocenters. The van der Waals surface area contributed by atoms with Crippen LogP contribution in [0.3, 0.4) is 0 Å². The van der Waals surface area contributed by atoms with E-state index in [9.17, 15) is 4.79 Å². The van der Waals surface area contributed by atoms with E-state index in [0.717, 1.165) is 60.5 Å². The van der Waals surface area contributed by atoms with Crippen molar-refractivity contribution < 1.29 is 4.79 Å². The predicted octanol–water partition coefficient (Wildman–Crippen LogP) is 3.80. The van der Waals surface area contributed by atoms with Gasteiger partial charge in [-0.2, -0.15) is 0 Å². The van der Waals surface area contributed by atoms with Crippen molar-refractivity contribution in [2.45, 2.75) is 38.3 Å². The largest absolute Gasteiger partial charge is 0.353 e. The summed E-state index contributed by atoms with van der Waals surface area (Å²) in [7, 11) is 0. The molecule has 0 radical (unpaired) electrons. The van der Waals surface area contributed by atoms with Gasteiger partial charge in [-0.15, -0.1) is 10.2 Å². The van der Waals surface area contributed by atoms with Crippen molar-refractivity contribution in [3.05, 3.63) is 83.6 Å². The molecule has 0 saturated heterocycles. The van der Waals surface area contributed by atoms with Crippen molar-refractivity contribution >= 4 is 22.6 Å². The van der Waals surface area contributed by atoms with Crippen LogP contribution in [0.15, 0.2) is 66.9 Å². The molecule has 3 heterocycles. The Kier molecular flexibility index (Phi) is 4.63. The average Bonchev–Trinajstić information content (AvgIpc) is 3.58. The smallest absolute Gasteiger partial charge is 0.224 e. The minimum atomic E-state index is 0.0854. The van der Waals surface area contributed by atoms with Gasteiger partial charge in [-0.3, -0.25) is 9.36 Å². The van der Waals surface area contributed by atoms with Gasteiger partial charge in [-0.05, 0) is 54.2 Å². The Morgan fingerprint density at radius 2 is 1.69 bits per heavy atom. The molecule has 4 aromatic rings. The number of para-hydroxylation sites is 1. The predicted molar refractivity (Wildman–Crippen MR) is 125 cm³/mol. The molecule has 2 aliphatic rings. The van der Waals surface area contributed by atoms with Crippen LogP contribution in [0.4, 0.5) is 5.82 Å². The van der Waals surface area contributed by atoms with Gasteiger partial charge in [0.25, 0.3) is 0 Å².